The van der Waals surface area contributed by atoms with Crippen LogP contribution in [-0.4, -0.2) is 23.4 Å². The average Bonchev–Trinajstić information content (AvgIpc) is 2.89. The second kappa shape index (κ2) is 7.10. The van der Waals surface area contributed by atoms with Crippen molar-refractivity contribution in [3.05, 3.63) is 47.8 Å². The molecule has 2 N–H and O–H groups in total. The first-order valence-corrected chi connectivity index (χ1v) is 7.02. The number of nitrogens with zero attached hydrogens (tertiary/aromatic N) is 2. The molecule has 2 aromatic rings. The fourth-order valence-corrected chi connectivity index (χ4v) is 2.43. The van der Waals surface area contributed by atoms with Crippen molar-refractivity contribution < 1.29 is 4.74 Å². The lowest BCUT2D eigenvalue weighted by atomic mass is 9.94. The standard InChI is InChI=1S/C16H23N3O/c1-19-15(8-9-18-19)7-6-14(12-17)10-13-4-3-5-16(11-13)20-2/h3-5,8-9,11,14H,6-7,10,12,17H2,1-2H3. The third-order valence-corrected chi connectivity index (χ3v) is 3.72. The van der Waals surface area contributed by atoms with Gasteiger partial charge in [0.2, 0.25) is 0 Å². The lowest BCUT2D eigenvalue weighted by molar-refractivity contribution is 0.413. The highest BCUT2D eigenvalue weighted by molar-refractivity contribution is 5.28. The molecule has 1 aromatic heterocycles. The highest BCUT2D eigenvalue weighted by Gasteiger charge is 2.10. The Hall–Kier alpha value is -1.81. The number of aromatic nitrogens is 2. The summed E-state index contributed by atoms with van der Waals surface area (Å²) in [7, 11) is 3.68. The second-order valence-electron chi connectivity index (χ2n) is 5.14. The van der Waals surface area contributed by atoms with Crippen LogP contribution in [-0.2, 0) is 19.9 Å². The predicted octanol–water partition coefficient (Wildman–Crippen LogP) is 2.18. The molecule has 1 aromatic carbocycles. The summed E-state index contributed by atoms with van der Waals surface area (Å²) in [4.78, 5) is 0. The van der Waals surface area contributed by atoms with E-state index in [1.165, 1.54) is 11.3 Å². The van der Waals surface area contributed by atoms with E-state index in [-0.39, 0.29) is 0 Å². The molecule has 0 aliphatic heterocycles. The van der Waals surface area contributed by atoms with Crippen molar-refractivity contribution in [3.8, 4) is 5.75 Å². The minimum atomic E-state index is 0.483. The van der Waals surface area contributed by atoms with E-state index in [1.54, 1.807) is 7.11 Å². The lowest BCUT2D eigenvalue weighted by Crippen LogP contribution is -2.18. The molecule has 0 spiro atoms. The van der Waals surface area contributed by atoms with Crippen molar-refractivity contribution in [2.24, 2.45) is 18.7 Å². The number of benzene rings is 1. The lowest BCUT2D eigenvalue weighted by Gasteiger charge is -2.15. The number of ether oxygens (including phenoxy) is 1. The van der Waals surface area contributed by atoms with Crippen LogP contribution >= 0.6 is 0 Å². The Labute approximate surface area is 120 Å². The minimum absolute atomic E-state index is 0.483. The van der Waals surface area contributed by atoms with Crippen molar-refractivity contribution in [2.75, 3.05) is 13.7 Å². The van der Waals surface area contributed by atoms with Gasteiger partial charge >= 0.3 is 0 Å². The van der Waals surface area contributed by atoms with Crippen LogP contribution in [0.4, 0.5) is 0 Å². The Balaban J connectivity index is 1.93. The number of aryl methyl sites for hydroxylation is 2. The zero-order valence-electron chi connectivity index (χ0n) is 12.2. The number of methoxy groups -OCH3 is 1. The van der Waals surface area contributed by atoms with E-state index in [0.717, 1.165) is 25.0 Å². The van der Waals surface area contributed by atoms with Gasteiger partial charge in [0.05, 0.1) is 7.11 Å². The van der Waals surface area contributed by atoms with Gasteiger partial charge < -0.3 is 10.5 Å². The van der Waals surface area contributed by atoms with Crippen molar-refractivity contribution in [3.63, 3.8) is 0 Å². The van der Waals surface area contributed by atoms with Crippen molar-refractivity contribution in [1.29, 1.82) is 0 Å². The Morgan fingerprint density at radius 1 is 1.35 bits per heavy atom. The molecule has 0 saturated carbocycles. The zero-order valence-corrected chi connectivity index (χ0v) is 12.2. The third-order valence-electron chi connectivity index (χ3n) is 3.72. The van der Waals surface area contributed by atoms with Crippen LogP contribution in [0.25, 0.3) is 0 Å². The van der Waals surface area contributed by atoms with Gasteiger partial charge in [-0.05, 0) is 55.5 Å². The summed E-state index contributed by atoms with van der Waals surface area (Å²) in [6.45, 7) is 0.703. The van der Waals surface area contributed by atoms with Gasteiger partial charge in [-0.3, -0.25) is 4.68 Å². The van der Waals surface area contributed by atoms with Crippen LogP contribution in [0.5, 0.6) is 5.75 Å². The first-order chi connectivity index (χ1) is 9.72. The molecule has 0 aliphatic rings. The van der Waals surface area contributed by atoms with Crippen LogP contribution in [0.2, 0.25) is 0 Å². The van der Waals surface area contributed by atoms with Gasteiger partial charge in [0, 0.05) is 18.9 Å². The maximum atomic E-state index is 5.92. The van der Waals surface area contributed by atoms with Gasteiger partial charge in [0.1, 0.15) is 5.75 Å². The van der Waals surface area contributed by atoms with Crippen molar-refractivity contribution >= 4 is 0 Å². The molecule has 1 unspecified atom stereocenters. The Morgan fingerprint density at radius 2 is 2.20 bits per heavy atom. The van der Waals surface area contributed by atoms with Crippen LogP contribution in [0, 0.1) is 5.92 Å². The molecular weight excluding hydrogens is 250 g/mol. The molecule has 20 heavy (non-hydrogen) atoms. The Kier molecular flexibility index (Phi) is 5.18. The van der Waals surface area contributed by atoms with E-state index in [0.29, 0.717) is 12.5 Å². The van der Waals surface area contributed by atoms with E-state index in [9.17, 15) is 0 Å². The first-order valence-electron chi connectivity index (χ1n) is 7.02. The van der Waals surface area contributed by atoms with Gasteiger partial charge in [-0.1, -0.05) is 12.1 Å². The van der Waals surface area contributed by atoms with Crippen molar-refractivity contribution in [1.82, 2.24) is 9.78 Å². The van der Waals surface area contributed by atoms with Gasteiger partial charge in [0.25, 0.3) is 0 Å². The zero-order chi connectivity index (χ0) is 14.4. The smallest absolute Gasteiger partial charge is 0.119 e. The number of rotatable bonds is 7. The molecule has 1 heterocycles. The molecule has 2 rings (SSSR count). The van der Waals surface area contributed by atoms with Crippen LogP contribution < -0.4 is 10.5 Å². The second-order valence-corrected chi connectivity index (χ2v) is 5.14. The number of hydrogen-bond acceptors (Lipinski definition) is 3. The van der Waals surface area contributed by atoms with Gasteiger partial charge in [-0.25, -0.2) is 0 Å². The molecule has 0 saturated heterocycles. The van der Waals surface area contributed by atoms with Gasteiger partial charge in [-0.2, -0.15) is 5.10 Å². The van der Waals surface area contributed by atoms with E-state index in [1.807, 2.05) is 30.1 Å². The molecule has 4 heteroatoms. The Bertz CT molecular complexity index is 536. The van der Waals surface area contributed by atoms with Crippen LogP contribution in [0.1, 0.15) is 17.7 Å². The van der Waals surface area contributed by atoms with E-state index in [2.05, 4.69) is 23.3 Å². The predicted molar refractivity (Wildman–Crippen MR) is 80.8 cm³/mol. The van der Waals surface area contributed by atoms with E-state index >= 15 is 0 Å². The molecule has 1 atom stereocenters. The van der Waals surface area contributed by atoms with Crippen LogP contribution in [0.15, 0.2) is 36.5 Å². The largest absolute Gasteiger partial charge is 0.497 e. The maximum absolute atomic E-state index is 5.92. The summed E-state index contributed by atoms with van der Waals surface area (Å²) in [6, 6.07) is 10.3. The topological polar surface area (TPSA) is 53.1 Å². The highest BCUT2D eigenvalue weighted by atomic mass is 16.5. The molecule has 0 aliphatic carbocycles. The first kappa shape index (κ1) is 14.6. The monoisotopic (exact) mass is 273 g/mol. The van der Waals surface area contributed by atoms with E-state index < -0.39 is 0 Å². The van der Waals surface area contributed by atoms with Gasteiger partial charge in [-0.15, -0.1) is 0 Å². The Morgan fingerprint density at radius 3 is 2.85 bits per heavy atom. The fraction of sp³-hybridized carbons (Fsp3) is 0.438. The fourth-order valence-electron chi connectivity index (χ4n) is 2.43. The van der Waals surface area contributed by atoms with E-state index in [4.69, 9.17) is 10.5 Å². The molecule has 4 nitrogen and oxygen atoms in total. The van der Waals surface area contributed by atoms with Crippen LogP contribution in [0.3, 0.4) is 0 Å². The summed E-state index contributed by atoms with van der Waals surface area (Å²) in [5.74, 6) is 1.39. The molecule has 0 fully saturated rings. The third kappa shape index (κ3) is 3.84. The van der Waals surface area contributed by atoms with Gasteiger partial charge in [0.15, 0.2) is 0 Å². The molecule has 0 bridgehead atoms. The summed E-state index contributed by atoms with van der Waals surface area (Å²) in [5, 5.41) is 4.20. The summed E-state index contributed by atoms with van der Waals surface area (Å²) < 4.78 is 7.19. The molecular formula is C16H23N3O. The quantitative estimate of drug-likeness (QED) is 0.841. The van der Waals surface area contributed by atoms with Crippen molar-refractivity contribution in [2.45, 2.75) is 19.3 Å². The molecule has 108 valence electrons. The molecule has 0 amide bonds. The number of nitrogens with two attached hydrogens (primary N) is 1. The number of hydrogen-bond donors (Lipinski definition) is 1. The molecule has 0 radical (unpaired) electrons. The maximum Gasteiger partial charge on any atom is 0.119 e. The summed E-state index contributed by atoms with van der Waals surface area (Å²) >= 11 is 0. The average molecular weight is 273 g/mol. The summed E-state index contributed by atoms with van der Waals surface area (Å²) in [5.41, 5.74) is 8.46. The minimum Gasteiger partial charge on any atom is -0.497 e. The highest BCUT2D eigenvalue weighted by Crippen LogP contribution is 2.18. The summed E-state index contributed by atoms with van der Waals surface area (Å²) in [6.07, 6.45) is 4.93. The normalized spacial score (nSPS) is 12.3. The SMILES string of the molecule is COc1cccc(CC(CN)CCc2ccnn2C)c1.